The van der Waals surface area contributed by atoms with E-state index in [2.05, 4.69) is 10.6 Å². The van der Waals surface area contributed by atoms with E-state index in [-0.39, 0.29) is 24.4 Å². The number of rotatable bonds is 5. The van der Waals surface area contributed by atoms with Crippen molar-refractivity contribution in [3.63, 3.8) is 0 Å². The van der Waals surface area contributed by atoms with Crippen LogP contribution >= 0.6 is 22.7 Å². The Balaban J connectivity index is 1.36. The van der Waals surface area contributed by atoms with Crippen LogP contribution in [0.4, 0.5) is 4.79 Å². The van der Waals surface area contributed by atoms with Gasteiger partial charge in [-0.05, 0) is 47.7 Å². The third kappa shape index (κ3) is 3.45. The van der Waals surface area contributed by atoms with Gasteiger partial charge in [0, 0.05) is 15.3 Å². The number of nitrogens with zero attached hydrogens (tertiary/aromatic N) is 1. The Hall–Kier alpha value is -2.97. The fraction of sp³-hybridized carbons (Fsp3) is 0.261. The highest BCUT2D eigenvalue weighted by molar-refractivity contribution is 7.10. The summed E-state index contributed by atoms with van der Waals surface area (Å²) in [4.78, 5) is 42.2. The van der Waals surface area contributed by atoms with Gasteiger partial charge in [0.1, 0.15) is 12.1 Å². The molecule has 158 valence electrons. The van der Waals surface area contributed by atoms with Crippen molar-refractivity contribution in [2.45, 2.75) is 30.8 Å². The van der Waals surface area contributed by atoms with E-state index < -0.39 is 11.6 Å². The SMILES string of the molecule is O=C(CN1C(=O)NC2(CCCc3sccc32)C1=O)NC(c1ccccc1)c1cccs1. The van der Waals surface area contributed by atoms with E-state index in [4.69, 9.17) is 0 Å². The summed E-state index contributed by atoms with van der Waals surface area (Å²) in [5.74, 6) is -0.705. The second kappa shape index (κ2) is 7.94. The predicted octanol–water partition coefficient (Wildman–Crippen LogP) is 3.80. The summed E-state index contributed by atoms with van der Waals surface area (Å²) in [7, 11) is 0. The lowest BCUT2D eigenvalue weighted by atomic mass is 9.80. The number of urea groups is 1. The Morgan fingerprint density at radius 3 is 2.71 bits per heavy atom. The second-order valence-corrected chi connectivity index (χ2v) is 9.74. The largest absolute Gasteiger partial charge is 0.343 e. The summed E-state index contributed by atoms with van der Waals surface area (Å²) in [5, 5.41) is 9.82. The molecule has 3 heterocycles. The summed E-state index contributed by atoms with van der Waals surface area (Å²) in [5.41, 5.74) is 0.797. The number of fused-ring (bicyclic) bond motifs is 2. The lowest BCUT2D eigenvalue weighted by Gasteiger charge is -2.31. The van der Waals surface area contributed by atoms with Gasteiger partial charge in [0.25, 0.3) is 5.91 Å². The molecule has 0 saturated carbocycles. The first-order valence-electron chi connectivity index (χ1n) is 10.2. The molecule has 0 radical (unpaired) electrons. The monoisotopic (exact) mass is 451 g/mol. The first-order chi connectivity index (χ1) is 15.1. The molecule has 1 aliphatic carbocycles. The molecule has 4 amide bonds. The fourth-order valence-electron chi connectivity index (χ4n) is 4.45. The molecule has 31 heavy (non-hydrogen) atoms. The molecule has 1 fully saturated rings. The molecule has 0 bridgehead atoms. The molecule has 2 atom stereocenters. The van der Waals surface area contributed by atoms with Crippen LogP contribution in [0.5, 0.6) is 0 Å². The number of hydrogen-bond acceptors (Lipinski definition) is 5. The maximum Gasteiger partial charge on any atom is 0.325 e. The van der Waals surface area contributed by atoms with E-state index in [1.54, 1.807) is 22.7 Å². The molecule has 5 rings (SSSR count). The van der Waals surface area contributed by atoms with Crippen LogP contribution in [-0.2, 0) is 21.5 Å². The molecule has 1 aliphatic heterocycles. The van der Waals surface area contributed by atoms with Gasteiger partial charge in [-0.15, -0.1) is 22.7 Å². The average molecular weight is 452 g/mol. The number of carbonyl (C=O) groups is 3. The van der Waals surface area contributed by atoms with Crippen molar-refractivity contribution < 1.29 is 14.4 Å². The van der Waals surface area contributed by atoms with Gasteiger partial charge in [-0.3, -0.25) is 14.5 Å². The molecule has 8 heteroatoms. The minimum absolute atomic E-state index is 0.305. The quantitative estimate of drug-likeness (QED) is 0.579. The number of amides is 4. The number of thiophene rings is 2. The van der Waals surface area contributed by atoms with Crippen molar-refractivity contribution in [2.24, 2.45) is 0 Å². The van der Waals surface area contributed by atoms with Crippen molar-refractivity contribution in [1.29, 1.82) is 0 Å². The van der Waals surface area contributed by atoms with Gasteiger partial charge in [0.15, 0.2) is 0 Å². The molecular weight excluding hydrogens is 430 g/mol. The Morgan fingerprint density at radius 2 is 1.94 bits per heavy atom. The van der Waals surface area contributed by atoms with E-state index >= 15 is 0 Å². The molecule has 6 nitrogen and oxygen atoms in total. The minimum Gasteiger partial charge on any atom is -0.343 e. The fourth-order valence-corrected chi connectivity index (χ4v) is 6.26. The van der Waals surface area contributed by atoms with Crippen LogP contribution in [0.2, 0.25) is 0 Å². The molecule has 1 saturated heterocycles. The van der Waals surface area contributed by atoms with Gasteiger partial charge in [-0.1, -0.05) is 36.4 Å². The molecule has 2 unspecified atom stereocenters. The maximum atomic E-state index is 13.3. The lowest BCUT2D eigenvalue weighted by Crippen LogP contribution is -2.47. The summed E-state index contributed by atoms with van der Waals surface area (Å²) in [6.07, 6.45) is 2.30. The first-order valence-corrected chi connectivity index (χ1v) is 11.9. The third-order valence-corrected chi connectivity index (χ3v) is 7.82. The number of imide groups is 1. The third-order valence-electron chi connectivity index (χ3n) is 5.90. The highest BCUT2D eigenvalue weighted by Crippen LogP contribution is 2.42. The summed E-state index contributed by atoms with van der Waals surface area (Å²) in [6, 6.07) is 14.6. The smallest absolute Gasteiger partial charge is 0.325 e. The Kier molecular flexibility index (Phi) is 5.11. The van der Waals surface area contributed by atoms with E-state index in [9.17, 15) is 14.4 Å². The molecular formula is C23H21N3O3S2. The molecule has 2 N–H and O–H groups in total. The second-order valence-electron chi connectivity index (χ2n) is 7.76. The standard InChI is InChI=1S/C23H21N3O3S2/c27-19(24-20(18-9-5-12-30-18)15-6-2-1-3-7-15)14-26-21(28)23(25-22(26)29)11-4-8-17-16(23)10-13-31-17/h1-3,5-7,9-10,12-13,20H,4,8,11,14H2,(H,24,27)(H,25,29). The zero-order valence-corrected chi connectivity index (χ0v) is 18.3. The van der Waals surface area contributed by atoms with Gasteiger partial charge in [-0.2, -0.15) is 0 Å². The molecule has 1 aromatic carbocycles. The molecule has 2 aromatic heterocycles. The summed E-state index contributed by atoms with van der Waals surface area (Å²) < 4.78 is 0. The van der Waals surface area contributed by atoms with E-state index in [0.717, 1.165) is 38.6 Å². The van der Waals surface area contributed by atoms with Crippen LogP contribution in [0.15, 0.2) is 59.3 Å². The predicted molar refractivity (Wildman–Crippen MR) is 120 cm³/mol. The van der Waals surface area contributed by atoms with Crippen LogP contribution in [0.1, 0.15) is 39.8 Å². The van der Waals surface area contributed by atoms with Gasteiger partial charge >= 0.3 is 6.03 Å². The number of aryl methyl sites for hydroxylation is 1. The Labute approximate surface area is 187 Å². The van der Waals surface area contributed by atoms with Crippen molar-refractivity contribution in [3.05, 3.63) is 80.2 Å². The molecule has 1 spiro atoms. The van der Waals surface area contributed by atoms with Crippen molar-refractivity contribution >= 4 is 40.5 Å². The van der Waals surface area contributed by atoms with Crippen LogP contribution < -0.4 is 10.6 Å². The van der Waals surface area contributed by atoms with E-state index in [0.29, 0.717) is 6.42 Å². The van der Waals surface area contributed by atoms with Crippen molar-refractivity contribution in [1.82, 2.24) is 15.5 Å². The van der Waals surface area contributed by atoms with Gasteiger partial charge < -0.3 is 10.6 Å². The Bertz CT molecular complexity index is 1130. The highest BCUT2D eigenvalue weighted by Gasteiger charge is 2.54. The highest BCUT2D eigenvalue weighted by atomic mass is 32.1. The van der Waals surface area contributed by atoms with Crippen molar-refractivity contribution in [2.75, 3.05) is 6.54 Å². The maximum absolute atomic E-state index is 13.3. The number of nitrogens with one attached hydrogen (secondary N) is 2. The Morgan fingerprint density at radius 1 is 1.10 bits per heavy atom. The van der Waals surface area contributed by atoms with Gasteiger partial charge in [0.05, 0.1) is 6.04 Å². The normalized spacial score (nSPS) is 21.1. The van der Waals surface area contributed by atoms with Crippen molar-refractivity contribution in [3.8, 4) is 0 Å². The first kappa shape index (κ1) is 20.0. The minimum atomic E-state index is -1.03. The zero-order valence-electron chi connectivity index (χ0n) is 16.7. The zero-order chi connectivity index (χ0) is 21.4. The van der Waals surface area contributed by atoms with Crippen LogP contribution in [0, 0.1) is 0 Å². The van der Waals surface area contributed by atoms with Crippen LogP contribution in [0.25, 0.3) is 0 Å². The number of benzene rings is 1. The van der Waals surface area contributed by atoms with Crippen LogP contribution in [0.3, 0.4) is 0 Å². The summed E-state index contributed by atoms with van der Waals surface area (Å²) >= 11 is 3.16. The van der Waals surface area contributed by atoms with E-state index in [1.165, 1.54) is 0 Å². The number of carbonyl (C=O) groups excluding carboxylic acids is 3. The van der Waals surface area contributed by atoms with E-state index in [1.807, 2.05) is 59.3 Å². The van der Waals surface area contributed by atoms with Crippen LogP contribution in [-0.4, -0.2) is 29.3 Å². The average Bonchev–Trinajstić information content (AvgIpc) is 3.52. The summed E-state index contributed by atoms with van der Waals surface area (Å²) in [6.45, 7) is -0.305. The van der Waals surface area contributed by atoms with Gasteiger partial charge in [0.2, 0.25) is 5.91 Å². The molecule has 2 aliphatic rings. The number of hydrogen-bond donors (Lipinski definition) is 2. The lowest BCUT2D eigenvalue weighted by molar-refractivity contribution is -0.135. The topological polar surface area (TPSA) is 78.5 Å². The van der Waals surface area contributed by atoms with Gasteiger partial charge in [-0.25, -0.2) is 4.79 Å². The molecule has 3 aromatic rings.